The summed E-state index contributed by atoms with van der Waals surface area (Å²) in [6.07, 6.45) is -0.125. The average molecular weight is 286 g/mol. The minimum absolute atomic E-state index is 0.0419. The Morgan fingerprint density at radius 3 is 2.10 bits per heavy atom. The van der Waals surface area contributed by atoms with Crippen molar-refractivity contribution in [2.45, 2.75) is 60.5 Å². The van der Waals surface area contributed by atoms with Crippen LogP contribution in [0.5, 0.6) is 0 Å². The molecule has 1 atom stereocenters. The third-order valence-corrected chi connectivity index (χ3v) is 3.37. The quantitative estimate of drug-likeness (QED) is 0.663. The molecule has 0 aromatic carbocycles. The van der Waals surface area contributed by atoms with Gasteiger partial charge in [0.1, 0.15) is 6.10 Å². The van der Waals surface area contributed by atoms with E-state index in [0.29, 0.717) is 13.0 Å². The summed E-state index contributed by atoms with van der Waals surface area (Å²) in [4.78, 5) is 23.3. The second kappa shape index (κ2) is 7.62. The average Bonchev–Trinajstić information content (AvgIpc) is 2.34. The lowest BCUT2D eigenvalue weighted by Gasteiger charge is -2.28. The molecule has 0 aromatic rings. The van der Waals surface area contributed by atoms with Crippen molar-refractivity contribution in [3.05, 3.63) is 0 Å². The van der Waals surface area contributed by atoms with Gasteiger partial charge in [0.05, 0.1) is 0 Å². The molecule has 0 aliphatic carbocycles. The molecule has 5 nitrogen and oxygen atoms in total. The van der Waals surface area contributed by atoms with Crippen LogP contribution in [0.2, 0.25) is 0 Å². The van der Waals surface area contributed by atoms with E-state index >= 15 is 0 Å². The van der Waals surface area contributed by atoms with Crippen molar-refractivity contribution in [1.82, 2.24) is 10.6 Å². The van der Waals surface area contributed by atoms with Gasteiger partial charge >= 0.3 is 0 Å². The lowest BCUT2D eigenvalue weighted by Crippen LogP contribution is -2.44. The third kappa shape index (κ3) is 7.48. The Morgan fingerprint density at radius 1 is 1.10 bits per heavy atom. The van der Waals surface area contributed by atoms with Gasteiger partial charge in [-0.1, -0.05) is 41.5 Å². The van der Waals surface area contributed by atoms with Gasteiger partial charge in [-0.25, -0.2) is 0 Å². The van der Waals surface area contributed by atoms with E-state index in [2.05, 4.69) is 10.6 Å². The van der Waals surface area contributed by atoms with Crippen LogP contribution in [0.1, 0.15) is 54.4 Å². The van der Waals surface area contributed by atoms with Crippen molar-refractivity contribution in [2.24, 2.45) is 10.8 Å². The highest BCUT2D eigenvalue weighted by Gasteiger charge is 2.31. The zero-order valence-electron chi connectivity index (χ0n) is 13.7. The van der Waals surface area contributed by atoms with Gasteiger partial charge in [0.15, 0.2) is 0 Å². The molecule has 0 saturated carbocycles. The molecule has 0 saturated heterocycles. The summed E-state index contributed by atoms with van der Waals surface area (Å²) in [7, 11) is 0. The maximum absolute atomic E-state index is 11.8. The van der Waals surface area contributed by atoms with Crippen LogP contribution in [-0.4, -0.2) is 36.1 Å². The van der Waals surface area contributed by atoms with Gasteiger partial charge in [-0.2, -0.15) is 0 Å². The highest BCUT2D eigenvalue weighted by atomic mass is 16.3. The number of hydrogen-bond donors (Lipinski definition) is 3. The predicted molar refractivity (Wildman–Crippen MR) is 80.2 cm³/mol. The van der Waals surface area contributed by atoms with Crippen LogP contribution < -0.4 is 10.6 Å². The first-order chi connectivity index (χ1) is 8.99. The lowest BCUT2D eigenvalue weighted by atomic mass is 9.83. The molecule has 0 fully saturated rings. The van der Waals surface area contributed by atoms with E-state index < -0.39 is 17.4 Å². The smallest absolute Gasteiger partial charge is 0.249 e. The highest BCUT2D eigenvalue weighted by Crippen LogP contribution is 2.24. The molecule has 0 heterocycles. The van der Waals surface area contributed by atoms with Gasteiger partial charge in [-0.05, 0) is 17.3 Å². The number of rotatable bonds is 7. The highest BCUT2D eigenvalue weighted by molar-refractivity contribution is 5.82. The molecule has 0 aromatic heterocycles. The van der Waals surface area contributed by atoms with E-state index in [1.165, 1.54) is 0 Å². The SMILES string of the molecule is CCC(C)(C)C(O)C(=O)NCCC(=O)NCC(C)(C)C. The maximum Gasteiger partial charge on any atom is 0.249 e. The summed E-state index contributed by atoms with van der Waals surface area (Å²) >= 11 is 0. The van der Waals surface area contributed by atoms with Crippen molar-refractivity contribution in [1.29, 1.82) is 0 Å². The number of amides is 2. The Bertz CT molecular complexity index is 333. The van der Waals surface area contributed by atoms with Crippen molar-refractivity contribution < 1.29 is 14.7 Å². The molecule has 118 valence electrons. The first-order valence-electron chi connectivity index (χ1n) is 7.22. The van der Waals surface area contributed by atoms with Gasteiger partial charge in [0.25, 0.3) is 0 Å². The molecule has 2 amide bonds. The Kier molecular flexibility index (Phi) is 7.20. The van der Waals surface area contributed by atoms with E-state index in [1.54, 1.807) is 0 Å². The number of hydrogen-bond acceptors (Lipinski definition) is 3. The van der Waals surface area contributed by atoms with Crippen LogP contribution in [-0.2, 0) is 9.59 Å². The molecule has 0 spiro atoms. The van der Waals surface area contributed by atoms with Crippen molar-refractivity contribution in [3.8, 4) is 0 Å². The Labute approximate surface area is 122 Å². The zero-order chi connectivity index (χ0) is 16.0. The second-order valence-electron chi connectivity index (χ2n) is 7.12. The van der Waals surface area contributed by atoms with Crippen LogP contribution in [0.3, 0.4) is 0 Å². The number of carbonyl (C=O) groups is 2. The fraction of sp³-hybridized carbons (Fsp3) is 0.867. The number of nitrogens with one attached hydrogen (secondary N) is 2. The van der Waals surface area contributed by atoms with E-state index in [9.17, 15) is 14.7 Å². The summed E-state index contributed by atoms with van der Waals surface area (Å²) in [5.41, 5.74) is -0.418. The van der Waals surface area contributed by atoms with Crippen LogP contribution in [0.15, 0.2) is 0 Å². The zero-order valence-corrected chi connectivity index (χ0v) is 13.7. The van der Waals surface area contributed by atoms with E-state index in [-0.39, 0.29) is 24.3 Å². The number of carbonyl (C=O) groups excluding carboxylic acids is 2. The van der Waals surface area contributed by atoms with Crippen LogP contribution in [0.25, 0.3) is 0 Å². The monoisotopic (exact) mass is 286 g/mol. The lowest BCUT2D eigenvalue weighted by molar-refractivity contribution is -0.135. The normalized spacial score (nSPS) is 13.8. The standard InChI is InChI=1S/C15H30N2O3/c1-7-15(5,6)12(19)13(20)16-9-8-11(18)17-10-14(2,3)4/h12,19H,7-10H2,1-6H3,(H,16,20)(H,17,18). The first-order valence-corrected chi connectivity index (χ1v) is 7.22. The molecule has 1 unspecified atom stereocenters. The van der Waals surface area contributed by atoms with E-state index in [1.807, 2.05) is 41.5 Å². The summed E-state index contributed by atoms with van der Waals surface area (Å²) in [5.74, 6) is -0.509. The molecule has 0 radical (unpaired) electrons. The molecule has 0 bridgehead atoms. The van der Waals surface area contributed by atoms with Gasteiger partial charge in [-0.15, -0.1) is 0 Å². The second-order valence-corrected chi connectivity index (χ2v) is 7.12. The summed E-state index contributed by atoms with van der Waals surface area (Å²) in [6, 6.07) is 0. The molecule has 3 N–H and O–H groups in total. The van der Waals surface area contributed by atoms with Crippen LogP contribution in [0.4, 0.5) is 0 Å². The minimum Gasteiger partial charge on any atom is -0.383 e. The van der Waals surface area contributed by atoms with Crippen LogP contribution >= 0.6 is 0 Å². The Hall–Kier alpha value is -1.10. The third-order valence-electron chi connectivity index (χ3n) is 3.37. The molecule has 5 heteroatoms. The van der Waals surface area contributed by atoms with Gasteiger partial charge < -0.3 is 15.7 Å². The molecule has 0 rings (SSSR count). The Balaban J connectivity index is 4.01. The minimum atomic E-state index is -1.05. The first kappa shape index (κ1) is 18.9. The van der Waals surface area contributed by atoms with Crippen molar-refractivity contribution in [2.75, 3.05) is 13.1 Å². The van der Waals surface area contributed by atoms with Crippen molar-refractivity contribution >= 4 is 11.8 Å². The van der Waals surface area contributed by atoms with Gasteiger partial charge in [0, 0.05) is 19.5 Å². The molecule has 20 heavy (non-hydrogen) atoms. The van der Waals surface area contributed by atoms with E-state index in [0.717, 1.165) is 0 Å². The number of aliphatic hydroxyl groups excluding tert-OH is 1. The summed E-state index contributed by atoms with van der Waals surface area (Å²) in [6.45, 7) is 12.6. The molecular formula is C15H30N2O3. The van der Waals surface area contributed by atoms with Crippen LogP contribution in [0, 0.1) is 10.8 Å². The summed E-state index contributed by atoms with van der Waals surface area (Å²) in [5, 5.41) is 15.3. The molecule has 0 aliphatic heterocycles. The molecule has 0 aliphatic rings. The van der Waals surface area contributed by atoms with Gasteiger partial charge in [-0.3, -0.25) is 9.59 Å². The van der Waals surface area contributed by atoms with Crippen molar-refractivity contribution in [3.63, 3.8) is 0 Å². The van der Waals surface area contributed by atoms with Gasteiger partial charge in [0.2, 0.25) is 11.8 Å². The summed E-state index contributed by atoms with van der Waals surface area (Å²) < 4.78 is 0. The predicted octanol–water partition coefficient (Wildman–Crippen LogP) is 1.45. The number of aliphatic hydroxyl groups is 1. The fourth-order valence-corrected chi connectivity index (χ4v) is 1.40. The largest absolute Gasteiger partial charge is 0.383 e. The van der Waals surface area contributed by atoms with E-state index in [4.69, 9.17) is 0 Å². The topological polar surface area (TPSA) is 78.4 Å². The maximum atomic E-state index is 11.8. The Morgan fingerprint density at radius 2 is 1.65 bits per heavy atom. The fourth-order valence-electron chi connectivity index (χ4n) is 1.40. The molecular weight excluding hydrogens is 256 g/mol.